The smallest absolute Gasteiger partial charge is 0.266 e. The summed E-state index contributed by atoms with van der Waals surface area (Å²) in [5.41, 5.74) is -0.451. The van der Waals surface area contributed by atoms with Gasteiger partial charge >= 0.3 is 0 Å². The Bertz CT molecular complexity index is 274. The van der Waals surface area contributed by atoms with Crippen LogP contribution >= 0.6 is 0 Å². The van der Waals surface area contributed by atoms with E-state index in [0.29, 0.717) is 0 Å². The lowest BCUT2D eigenvalue weighted by Gasteiger charge is -2.17. The Hall–Kier alpha value is -0.940. The van der Waals surface area contributed by atoms with Gasteiger partial charge in [0.05, 0.1) is 12.4 Å². The molecule has 0 aliphatic carbocycles. The van der Waals surface area contributed by atoms with E-state index in [1.54, 1.807) is 4.90 Å². The standard InChI is InChI=1S/C10H19N3O2/c1-7-8(12-10(2,3)15-7)9(14)11-6-13(4)5/h6-8,12H,1-5H3. The summed E-state index contributed by atoms with van der Waals surface area (Å²) < 4.78 is 5.57. The third-order valence-electron chi connectivity index (χ3n) is 2.14. The summed E-state index contributed by atoms with van der Waals surface area (Å²) in [6.07, 6.45) is 1.36. The molecule has 0 spiro atoms. The molecule has 0 bridgehead atoms. The number of carbonyl (C=O) groups is 1. The summed E-state index contributed by atoms with van der Waals surface area (Å²) in [6, 6.07) is -0.351. The third kappa shape index (κ3) is 3.28. The molecule has 1 saturated heterocycles. The number of hydrogen-bond donors (Lipinski definition) is 1. The van der Waals surface area contributed by atoms with Crippen molar-refractivity contribution in [3.8, 4) is 0 Å². The number of amides is 1. The largest absolute Gasteiger partial charge is 0.369 e. The van der Waals surface area contributed by atoms with Crippen LogP contribution in [0.15, 0.2) is 4.99 Å². The summed E-state index contributed by atoms with van der Waals surface area (Å²) in [7, 11) is 3.64. The van der Waals surface area contributed by atoms with Gasteiger partial charge in [0.1, 0.15) is 11.8 Å². The van der Waals surface area contributed by atoms with E-state index in [0.717, 1.165) is 0 Å². The van der Waals surface area contributed by atoms with Crippen molar-refractivity contribution < 1.29 is 9.53 Å². The fourth-order valence-corrected chi connectivity index (χ4v) is 1.57. The van der Waals surface area contributed by atoms with Crippen LogP contribution < -0.4 is 5.32 Å². The molecule has 0 aromatic carbocycles. The lowest BCUT2D eigenvalue weighted by molar-refractivity contribution is -0.120. The van der Waals surface area contributed by atoms with Crippen LogP contribution in [0, 0.1) is 0 Å². The molecule has 5 nitrogen and oxygen atoms in total. The van der Waals surface area contributed by atoms with Crippen molar-refractivity contribution in [2.24, 2.45) is 4.99 Å². The summed E-state index contributed by atoms with van der Waals surface area (Å²) in [5, 5.41) is 3.10. The van der Waals surface area contributed by atoms with Crippen molar-refractivity contribution in [3.05, 3.63) is 0 Å². The maximum atomic E-state index is 11.7. The van der Waals surface area contributed by atoms with Crippen LogP contribution in [0.4, 0.5) is 0 Å². The second-order valence-corrected chi connectivity index (χ2v) is 4.50. The van der Waals surface area contributed by atoms with Gasteiger partial charge in [0.25, 0.3) is 5.91 Å². The Kier molecular flexibility index (Phi) is 3.46. The van der Waals surface area contributed by atoms with Crippen LogP contribution in [0.3, 0.4) is 0 Å². The Morgan fingerprint density at radius 3 is 2.53 bits per heavy atom. The van der Waals surface area contributed by atoms with Gasteiger partial charge in [-0.3, -0.25) is 10.1 Å². The first kappa shape index (κ1) is 12.1. The highest BCUT2D eigenvalue weighted by Gasteiger charge is 2.40. The molecule has 0 saturated carbocycles. The lowest BCUT2D eigenvalue weighted by Crippen LogP contribution is -2.43. The van der Waals surface area contributed by atoms with Gasteiger partial charge < -0.3 is 9.64 Å². The Labute approximate surface area is 90.5 Å². The van der Waals surface area contributed by atoms with Crippen LogP contribution in [0.1, 0.15) is 20.8 Å². The minimum atomic E-state index is -0.451. The summed E-state index contributed by atoms with van der Waals surface area (Å²) in [6.45, 7) is 5.66. The zero-order chi connectivity index (χ0) is 11.6. The summed E-state index contributed by atoms with van der Waals surface area (Å²) in [4.78, 5) is 17.2. The average Bonchev–Trinajstić information content (AvgIpc) is 2.35. The Morgan fingerprint density at radius 1 is 1.53 bits per heavy atom. The second kappa shape index (κ2) is 4.28. The van der Waals surface area contributed by atoms with Crippen LogP contribution in [-0.2, 0) is 9.53 Å². The highest BCUT2D eigenvalue weighted by molar-refractivity contribution is 5.89. The molecule has 15 heavy (non-hydrogen) atoms. The van der Waals surface area contributed by atoms with Crippen LogP contribution in [-0.4, -0.2) is 49.1 Å². The van der Waals surface area contributed by atoms with Gasteiger partial charge in [-0.2, -0.15) is 0 Å². The van der Waals surface area contributed by atoms with Gasteiger partial charge in [0.2, 0.25) is 0 Å². The van der Waals surface area contributed by atoms with Crippen LogP contribution in [0.2, 0.25) is 0 Å². The van der Waals surface area contributed by atoms with Gasteiger partial charge in [-0.25, -0.2) is 4.99 Å². The van der Waals surface area contributed by atoms with E-state index in [1.807, 2.05) is 34.9 Å². The molecule has 2 atom stereocenters. The highest BCUT2D eigenvalue weighted by atomic mass is 16.5. The van der Waals surface area contributed by atoms with Crippen LogP contribution in [0.5, 0.6) is 0 Å². The molecular formula is C10H19N3O2. The predicted octanol–water partition coefficient (Wildman–Crippen LogP) is 0.216. The average molecular weight is 213 g/mol. The molecule has 5 heteroatoms. The van der Waals surface area contributed by atoms with Crippen molar-refractivity contribution >= 4 is 12.2 Å². The van der Waals surface area contributed by atoms with E-state index in [2.05, 4.69) is 10.3 Å². The fraction of sp³-hybridized carbons (Fsp3) is 0.800. The van der Waals surface area contributed by atoms with E-state index >= 15 is 0 Å². The maximum Gasteiger partial charge on any atom is 0.266 e. The molecular weight excluding hydrogens is 194 g/mol. The molecule has 2 unspecified atom stereocenters. The van der Waals surface area contributed by atoms with Gasteiger partial charge in [-0.15, -0.1) is 0 Å². The third-order valence-corrected chi connectivity index (χ3v) is 2.14. The van der Waals surface area contributed by atoms with E-state index in [4.69, 9.17) is 4.74 Å². The quantitative estimate of drug-likeness (QED) is 0.526. The van der Waals surface area contributed by atoms with Gasteiger partial charge in [0, 0.05) is 14.1 Å². The number of nitrogens with one attached hydrogen (secondary N) is 1. The van der Waals surface area contributed by atoms with Gasteiger partial charge in [0.15, 0.2) is 0 Å². The van der Waals surface area contributed by atoms with E-state index in [-0.39, 0.29) is 18.1 Å². The van der Waals surface area contributed by atoms with Crippen molar-refractivity contribution in [2.45, 2.75) is 38.6 Å². The highest BCUT2D eigenvalue weighted by Crippen LogP contribution is 2.21. The number of hydrogen-bond acceptors (Lipinski definition) is 3. The molecule has 86 valence electrons. The molecule has 1 amide bonds. The number of rotatable bonds is 2. The number of nitrogens with zero attached hydrogens (tertiary/aromatic N) is 2. The first-order chi connectivity index (χ1) is 6.82. The first-order valence-electron chi connectivity index (χ1n) is 5.02. The Morgan fingerprint density at radius 2 is 2.13 bits per heavy atom. The van der Waals surface area contributed by atoms with Crippen LogP contribution in [0.25, 0.3) is 0 Å². The van der Waals surface area contributed by atoms with Gasteiger partial charge in [-0.1, -0.05) is 0 Å². The Balaban J connectivity index is 2.62. The zero-order valence-electron chi connectivity index (χ0n) is 9.94. The minimum absolute atomic E-state index is 0.146. The monoisotopic (exact) mass is 213 g/mol. The van der Waals surface area contributed by atoms with E-state index in [9.17, 15) is 4.79 Å². The normalized spacial score (nSPS) is 29.7. The molecule has 1 heterocycles. The van der Waals surface area contributed by atoms with Crippen molar-refractivity contribution in [1.29, 1.82) is 0 Å². The predicted molar refractivity (Wildman–Crippen MR) is 58.7 cm³/mol. The summed E-state index contributed by atoms with van der Waals surface area (Å²) >= 11 is 0. The fourth-order valence-electron chi connectivity index (χ4n) is 1.57. The molecule has 1 fully saturated rings. The number of ether oxygens (including phenoxy) is 1. The van der Waals surface area contributed by atoms with Gasteiger partial charge in [-0.05, 0) is 20.8 Å². The molecule has 1 N–H and O–H groups in total. The molecule has 1 aliphatic rings. The molecule has 0 aromatic rings. The number of aliphatic imine (C=N–C) groups is 1. The maximum absolute atomic E-state index is 11.7. The van der Waals surface area contributed by atoms with E-state index < -0.39 is 5.72 Å². The van der Waals surface area contributed by atoms with Crippen molar-refractivity contribution in [1.82, 2.24) is 10.2 Å². The zero-order valence-corrected chi connectivity index (χ0v) is 9.94. The number of carbonyl (C=O) groups excluding carboxylic acids is 1. The van der Waals surface area contributed by atoms with Crippen molar-refractivity contribution in [3.63, 3.8) is 0 Å². The molecule has 1 aliphatic heterocycles. The molecule has 1 rings (SSSR count). The van der Waals surface area contributed by atoms with E-state index in [1.165, 1.54) is 6.34 Å². The second-order valence-electron chi connectivity index (χ2n) is 4.50. The van der Waals surface area contributed by atoms with Crippen molar-refractivity contribution in [2.75, 3.05) is 14.1 Å². The lowest BCUT2D eigenvalue weighted by atomic mass is 10.2. The SMILES string of the molecule is CC1OC(C)(C)NC1C(=O)N=CN(C)C. The molecule has 0 aromatic heterocycles. The minimum Gasteiger partial charge on any atom is -0.369 e. The first-order valence-corrected chi connectivity index (χ1v) is 5.02. The molecule has 0 radical (unpaired) electrons. The summed E-state index contributed by atoms with van der Waals surface area (Å²) in [5.74, 6) is -0.193. The topological polar surface area (TPSA) is 53.9 Å².